The Morgan fingerprint density at radius 3 is 2.65 bits per heavy atom. The second kappa shape index (κ2) is 6.38. The maximum Gasteiger partial charge on any atom is 0.319 e. The van der Waals surface area contributed by atoms with Crippen molar-refractivity contribution in [1.29, 1.82) is 0 Å². The number of esters is 1. The molecule has 108 valence electrons. The lowest BCUT2D eigenvalue weighted by Crippen LogP contribution is -2.35. The Labute approximate surface area is 116 Å². The van der Waals surface area contributed by atoms with Crippen LogP contribution in [0.1, 0.15) is 12.5 Å². The van der Waals surface area contributed by atoms with Crippen LogP contribution in [0.5, 0.6) is 5.75 Å². The van der Waals surface area contributed by atoms with Gasteiger partial charge in [-0.2, -0.15) is 0 Å². The predicted octanol–water partition coefficient (Wildman–Crippen LogP) is 0.970. The summed E-state index contributed by atoms with van der Waals surface area (Å²) in [7, 11) is 1.58. The Hall–Kier alpha value is -2.08. The number of aliphatic hydroxyl groups is 1. The highest BCUT2D eigenvalue weighted by Gasteiger charge is 2.41. The molecule has 1 aromatic carbocycles. The normalized spacial score (nSPS) is 21.1. The predicted molar refractivity (Wildman–Crippen MR) is 71.6 cm³/mol. The van der Waals surface area contributed by atoms with Crippen molar-refractivity contribution >= 4 is 11.7 Å². The van der Waals surface area contributed by atoms with Crippen molar-refractivity contribution in [3.63, 3.8) is 0 Å². The van der Waals surface area contributed by atoms with E-state index in [2.05, 4.69) is 5.16 Å². The molecular formula is C14H17NO5. The van der Waals surface area contributed by atoms with E-state index in [4.69, 9.17) is 14.3 Å². The average Bonchev–Trinajstić information content (AvgIpc) is 2.91. The number of hydrogen-bond donors (Lipinski definition) is 1. The minimum absolute atomic E-state index is 0.267. The summed E-state index contributed by atoms with van der Waals surface area (Å²) in [5.74, 6) is -0.452. The van der Waals surface area contributed by atoms with Crippen LogP contribution in [0.2, 0.25) is 0 Å². The number of oxime groups is 1. The minimum Gasteiger partial charge on any atom is -0.497 e. The van der Waals surface area contributed by atoms with Crippen LogP contribution in [0.4, 0.5) is 0 Å². The van der Waals surface area contributed by atoms with Gasteiger partial charge in [-0.25, -0.2) is 0 Å². The van der Waals surface area contributed by atoms with Crippen LogP contribution in [-0.4, -0.2) is 43.2 Å². The highest BCUT2D eigenvalue weighted by Crippen LogP contribution is 2.25. The van der Waals surface area contributed by atoms with Gasteiger partial charge in [0.1, 0.15) is 17.4 Å². The molecule has 1 aliphatic heterocycles. The molecule has 0 saturated heterocycles. The average molecular weight is 279 g/mol. The van der Waals surface area contributed by atoms with Gasteiger partial charge < -0.3 is 19.4 Å². The van der Waals surface area contributed by atoms with Crippen LogP contribution in [0.15, 0.2) is 29.4 Å². The third-order valence-corrected chi connectivity index (χ3v) is 3.06. The van der Waals surface area contributed by atoms with E-state index in [1.165, 1.54) is 0 Å². The summed E-state index contributed by atoms with van der Waals surface area (Å²) in [5, 5.41) is 13.2. The number of benzene rings is 1. The monoisotopic (exact) mass is 279 g/mol. The highest BCUT2D eigenvalue weighted by atomic mass is 16.7. The first-order valence-corrected chi connectivity index (χ1v) is 6.36. The number of carbonyl (C=O) groups excluding carboxylic acids is 1. The van der Waals surface area contributed by atoms with Crippen molar-refractivity contribution in [2.24, 2.45) is 11.1 Å². The largest absolute Gasteiger partial charge is 0.497 e. The molecular weight excluding hydrogens is 262 g/mol. The number of ether oxygens (including phenoxy) is 2. The van der Waals surface area contributed by atoms with Crippen LogP contribution in [0.25, 0.3) is 0 Å². The molecule has 1 N–H and O–H groups in total. The molecule has 0 unspecified atom stereocenters. The first-order valence-electron chi connectivity index (χ1n) is 6.36. The van der Waals surface area contributed by atoms with E-state index in [9.17, 15) is 9.90 Å². The molecule has 6 heteroatoms. The third-order valence-electron chi connectivity index (χ3n) is 3.06. The smallest absolute Gasteiger partial charge is 0.319 e. The zero-order valence-electron chi connectivity index (χ0n) is 11.4. The van der Waals surface area contributed by atoms with Crippen LogP contribution < -0.4 is 4.74 Å². The molecule has 1 aromatic rings. The molecule has 0 aromatic heterocycles. The Balaban J connectivity index is 2.25. The SMILES string of the molecule is CCOC(=O)[C@@H]1C(c2ccc(OC)cc2)=NO[C@H]1CO. The lowest BCUT2D eigenvalue weighted by atomic mass is 9.92. The lowest BCUT2D eigenvalue weighted by Gasteiger charge is -2.15. The van der Waals surface area contributed by atoms with E-state index in [0.717, 1.165) is 5.56 Å². The molecule has 0 radical (unpaired) electrons. The molecule has 1 aliphatic rings. The Morgan fingerprint density at radius 1 is 1.40 bits per heavy atom. The Kier molecular flexibility index (Phi) is 4.57. The highest BCUT2D eigenvalue weighted by molar-refractivity contribution is 6.12. The van der Waals surface area contributed by atoms with Gasteiger partial charge in [0.15, 0.2) is 6.10 Å². The van der Waals surface area contributed by atoms with Crippen molar-refractivity contribution in [2.75, 3.05) is 20.3 Å². The molecule has 0 amide bonds. The van der Waals surface area contributed by atoms with Gasteiger partial charge >= 0.3 is 5.97 Å². The number of rotatable bonds is 5. The van der Waals surface area contributed by atoms with Crippen molar-refractivity contribution in [3.05, 3.63) is 29.8 Å². The van der Waals surface area contributed by atoms with Gasteiger partial charge in [0.25, 0.3) is 0 Å². The summed E-state index contributed by atoms with van der Waals surface area (Å²) in [6, 6.07) is 7.11. The minimum atomic E-state index is -0.714. The van der Waals surface area contributed by atoms with Gasteiger partial charge in [-0.15, -0.1) is 0 Å². The van der Waals surface area contributed by atoms with Crippen molar-refractivity contribution in [1.82, 2.24) is 0 Å². The summed E-state index contributed by atoms with van der Waals surface area (Å²) in [6.07, 6.45) is -0.703. The summed E-state index contributed by atoms with van der Waals surface area (Å²) >= 11 is 0. The molecule has 0 saturated carbocycles. The second-order valence-corrected chi connectivity index (χ2v) is 4.26. The number of hydrogen-bond acceptors (Lipinski definition) is 6. The van der Waals surface area contributed by atoms with E-state index in [1.54, 1.807) is 38.3 Å². The number of nitrogens with zero attached hydrogens (tertiary/aromatic N) is 1. The quantitative estimate of drug-likeness (QED) is 0.813. The molecule has 2 rings (SSSR count). The van der Waals surface area contributed by atoms with E-state index in [1.807, 2.05) is 0 Å². The fourth-order valence-electron chi connectivity index (χ4n) is 2.05. The van der Waals surface area contributed by atoms with Crippen LogP contribution in [0, 0.1) is 5.92 Å². The number of aliphatic hydroxyl groups excluding tert-OH is 1. The standard InChI is InChI=1S/C14H17NO5/c1-3-19-14(17)12-11(8-16)20-15-13(12)9-4-6-10(18-2)7-5-9/h4-7,11-12,16H,3,8H2,1-2H3/t11-,12-/m0/s1. The van der Waals surface area contributed by atoms with Gasteiger partial charge in [-0.1, -0.05) is 5.16 Å². The molecule has 0 aliphatic carbocycles. The van der Waals surface area contributed by atoms with Crippen molar-refractivity contribution in [2.45, 2.75) is 13.0 Å². The van der Waals surface area contributed by atoms with Gasteiger partial charge in [0.05, 0.1) is 20.3 Å². The molecule has 20 heavy (non-hydrogen) atoms. The van der Waals surface area contributed by atoms with Gasteiger partial charge in [-0.3, -0.25) is 4.79 Å². The zero-order valence-corrected chi connectivity index (χ0v) is 11.4. The lowest BCUT2D eigenvalue weighted by molar-refractivity contribution is -0.149. The van der Waals surface area contributed by atoms with Crippen LogP contribution in [-0.2, 0) is 14.4 Å². The molecule has 0 fully saturated rings. The van der Waals surface area contributed by atoms with E-state index >= 15 is 0 Å². The summed E-state index contributed by atoms with van der Waals surface area (Å²) in [4.78, 5) is 17.1. The summed E-state index contributed by atoms with van der Waals surface area (Å²) in [6.45, 7) is 1.70. The third kappa shape index (κ3) is 2.75. The Bertz CT molecular complexity index is 497. The Morgan fingerprint density at radius 2 is 2.10 bits per heavy atom. The maximum absolute atomic E-state index is 12.0. The number of carbonyl (C=O) groups is 1. The fourth-order valence-corrected chi connectivity index (χ4v) is 2.05. The van der Waals surface area contributed by atoms with Gasteiger partial charge in [0.2, 0.25) is 0 Å². The number of methoxy groups -OCH3 is 1. The van der Waals surface area contributed by atoms with Crippen LogP contribution >= 0.6 is 0 Å². The first-order chi connectivity index (χ1) is 9.71. The van der Waals surface area contributed by atoms with E-state index < -0.39 is 18.0 Å². The second-order valence-electron chi connectivity index (χ2n) is 4.26. The molecule has 2 atom stereocenters. The zero-order chi connectivity index (χ0) is 14.5. The molecule has 0 bridgehead atoms. The van der Waals surface area contributed by atoms with E-state index in [-0.39, 0.29) is 13.2 Å². The molecule has 0 spiro atoms. The first kappa shape index (κ1) is 14.3. The molecule has 1 heterocycles. The summed E-state index contributed by atoms with van der Waals surface area (Å²) < 4.78 is 10.1. The van der Waals surface area contributed by atoms with Crippen molar-refractivity contribution in [3.8, 4) is 5.75 Å². The van der Waals surface area contributed by atoms with Crippen molar-refractivity contribution < 1.29 is 24.2 Å². The topological polar surface area (TPSA) is 77.4 Å². The fraction of sp³-hybridized carbons (Fsp3) is 0.429. The maximum atomic E-state index is 12.0. The molecule has 6 nitrogen and oxygen atoms in total. The van der Waals surface area contributed by atoms with Crippen LogP contribution in [0.3, 0.4) is 0 Å². The van der Waals surface area contributed by atoms with E-state index in [0.29, 0.717) is 11.5 Å². The van der Waals surface area contributed by atoms with Gasteiger partial charge in [0, 0.05) is 5.56 Å². The summed E-state index contributed by atoms with van der Waals surface area (Å²) in [5.41, 5.74) is 1.20. The van der Waals surface area contributed by atoms with Gasteiger partial charge in [-0.05, 0) is 31.2 Å².